The van der Waals surface area contributed by atoms with Gasteiger partial charge in [0.25, 0.3) is 0 Å². The number of hydrogen-bond acceptors (Lipinski definition) is 4. The molecule has 0 bridgehead atoms. The number of nitrogens with zero attached hydrogens (tertiary/aromatic N) is 1. The second kappa shape index (κ2) is 7.68. The third-order valence-corrected chi connectivity index (χ3v) is 2.66. The first-order valence-corrected chi connectivity index (χ1v) is 6.13. The summed E-state index contributed by atoms with van der Waals surface area (Å²) in [4.78, 5) is 0. The Bertz CT molecular complexity index is 394. The van der Waals surface area contributed by atoms with Crippen LogP contribution < -0.4 is 11.1 Å². The Balaban J connectivity index is 2.48. The standard InChI is InChI=1S/C13H21N3O2/c1-2-4-12(17)9-15-8-10-5-3-6-11(7-10)13(14)16-18/h3,5-7,12,15,17-18H,2,4,8-9H2,1H3,(H2,14,16). The van der Waals surface area contributed by atoms with Crippen LogP contribution in [0, 0.1) is 0 Å². The zero-order chi connectivity index (χ0) is 13.4. The van der Waals surface area contributed by atoms with Gasteiger partial charge in [0, 0.05) is 18.7 Å². The molecule has 1 aromatic carbocycles. The molecule has 100 valence electrons. The van der Waals surface area contributed by atoms with E-state index < -0.39 is 0 Å². The van der Waals surface area contributed by atoms with E-state index in [4.69, 9.17) is 10.9 Å². The van der Waals surface area contributed by atoms with Gasteiger partial charge in [0.2, 0.25) is 0 Å². The van der Waals surface area contributed by atoms with Crippen molar-refractivity contribution in [1.29, 1.82) is 0 Å². The molecule has 1 aromatic rings. The van der Waals surface area contributed by atoms with Crippen LogP contribution in [0.4, 0.5) is 0 Å². The Hall–Kier alpha value is -1.59. The number of amidine groups is 1. The van der Waals surface area contributed by atoms with Crippen LogP contribution in [0.2, 0.25) is 0 Å². The van der Waals surface area contributed by atoms with E-state index in [-0.39, 0.29) is 11.9 Å². The Labute approximate surface area is 107 Å². The quantitative estimate of drug-likeness (QED) is 0.252. The summed E-state index contributed by atoms with van der Waals surface area (Å²) in [5, 5.41) is 24.3. The lowest BCUT2D eigenvalue weighted by Gasteiger charge is -2.11. The van der Waals surface area contributed by atoms with Gasteiger partial charge >= 0.3 is 0 Å². The number of oxime groups is 1. The SMILES string of the molecule is CCCC(O)CNCc1cccc(/C(N)=N/O)c1. The van der Waals surface area contributed by atoms with Crippen molar-refractivity contribution in [2.45, 2.75) is 32.4 Å². The van der Waals surface area contributed by atoms with Crippen molar-refractivity contribution in [3.63, 3.8) is 0 Å². The minimum atomic E-state index is -0.303. The van der Waals surface area contributed by atoms with Crippen molar-refractivity contribution in [3.05, 3.63) is 35.4 Å². The lowest BCUT2D eigenvalue weighted by atomic mass is 10.1. The number of benzene rings is 1. The van der Waals surface area contributed by atoms with Gasteiger partial charge in [-0.1, -0.05) is 36.7 Å². The Morgan fingerprint density at radius 3 is 2.94 bits per heavy atom. The highest BCUT2D eigenvalue weighted by Crippen LogP contribution is 2.05. The van der Waals surface area contributed by atoms with Crippen LogP contribution in [0.1, 0.15) is 30.9 Å². The average Bonchev–Trinajstić information content (AvgIpc) is 2.38. The predicted octanol–water partition coefficient (Wildman–Crippen LogP) is 1.03. The molecule has 1 unspecified atom stereocenters. The van der Waals surface area contributed by atoms with Gasteiger partial charge < -0.3 is 21.4 Å². The Morgan fingerprint density at radius 1 is 1.50 bits per heavy atom. The molecule has 0 fully saturated rings. The molecule has 5 nitrogen and oxygen atoms in total. The monoisotopic (exact) mass is 251 g/mol. The van der Waals surface area contributed by atoms with Gasteiger partial charge in [-0.15, -0.1) is 0 Å². The summed E-state index contributed by atoms with van der Waals surface area (Å²) in [6.07, 6.45) is 1.47. The molecule has 0 aromatic heterocycles. The molecular weight excluding hydrogens is 230 g/mol. The van der Waals surface area contributed by atoms with Crippen LogP contribution in [0.15, 0.2) is 29.4 Å². The molecule has 0 radical (unpaired) electrons. The van der Waals surface area contributed by atoms with E-state index in [0.717, 1.165) is 18.4 Å². The van der Waals surface area contributed by atoms with Gasteiger partial charge in [0.05, 0.1) is 6.10 Å². The fourth-order valence-electron chi connectivity index (χ4n) is 1.72. The summed E-state index contributed by atoms with van der Waals surface area (Å²) in [7, 11) is 0. The van der Waals surface area contributed by atoms with Crippen LogP contribution in [-0.2, 0) is 6.54 Å². The summed E-state index contributed by atoms with van der Waals surface area (Å²) in [6, 6.07) is 7.44. The highest BCUT2D eigenvalue weighted by molar-refractivity contribution is 5.97. The van der Waals surface area contributed by atoms with Gasteiger partial charge in [-0.2, -0.15) is 0 Å². The van der Waals surface area contributed by atoms with E-state index in [9.17, 15) is 5.11 Å². The summed E-state index contributed by atoms with van der Waals surface area (Å²) in [5.74, 6) is 0.0999. The normalized spacial score (nSPS) is 13.6. The van der Waals surface area contributed by atoms with Gasteiger partial charge in [0.15, 0.2) is 5.84 Å². The van der Waals surface area contributed by atoms with Crippen LogP contribution in [0.25, 0.3) is 0 Å². The van der Waals surface area contributed by atoms with E-state index in [0.29, 0.717) is 18.7 Å². The molecule has 1 atom stereocenters. The predicted molar refractivity (Wildman–Crippen MR) is 71.6 cm³/mol. The summed E-state index contributed by atoms with van der Waals surface area (Å²) >= 11 is 0. The van der Waals surface area contributed by atoms with E-state index in [1.54, 1.807) is 6.07 Å². The molecule has 5 N–H and O–H groups in total. The molecule has 0 aliphatic carbocycles. The highest BCUT2D eigenvalue weighted by Gasteiger charge is 2.03. The Morgan fingerprint density at radius 2 is 2.28 bits per heavy atom. The van der Waals surface area contributed by atoms with Gasteiger partial charge in [-0.3, -0.25) is 0 Å². The second-order valence-corrected chi connectivity index (χ2v) is 4.26. The highest BCUT2D eigenvalue weighted by atomic mass is 16.4. The van der Waals surface area contributed by atoms with Gasteiger partial charge in [-0.05, 0) is 18.1 Å². The Kier molecular flexibility index (Phi) is 6.18. The van der Waals surface area contributed by atoms with Crippen molar-refractivity contribution in [1.82, 2.24) is 5.32 Å². The maximum Gasteiger partial charge on any atom is 0.170 e. The first-order chi connectivity index (χ1) is 8.67. The van der Waals surface area contributed by atoms with E-state index in [1.807, 2.05) is 25.1 Å². The van der Waals surface area contributed by atoms with Crippen molar-refractivity contribution in [2.24, 2.45) is 10.9 Å². The molecule has 18 heavy (non-hydrogen) atoms. The first-order valence-electron chi connectivity index (χ1n) is 6.13. The van der Waals surface area contributed by atoms with Crippen molar-refractivity contribution in [3.8, 4) is 0 Å². The van der Waals surface area contributed by atoms with Crippen LogP contribution >= 0.6 is 0 Å². The molecule has 0 saturated heterocycles. The second-order valence-electron chi connectivity index (χ2n) is 4.26. The zero-order valence-electron chi connectivity index (χ0n) is 10.6. The van der Waals surface area contributed by atoms with Crippen molar-refractivity contribution in [2.75, 3.05) is 6.54 Å². The van der Waals surface area contributed by atoms with Crippen LogP contribution in [0.3, 0.4) is 0 Å². The number of rotatable bonds is 7. The van der Waals surface area contributed by atoms with E-state index in [2.05, 4.69) is 10.5 Å². The number of aliphatic hydroxyl groups is 1. The fourth-order valence-corrected chi connectivity index (χ4v) is 1.72. The molecule has 0 spiro atoms. The molecule has 0 saturated carbocycles. The van der Waals surface area contributed by atoms with Crippen molar-refractivity contribution >= 4 is 5.84 Å². The molecule has 5 heteroatoms. The molecule has 1 rings (SSSR count). The third kappa shape index (κ3) is 4.73. The lowest BCUT2D eigenvalue weighted by molar-refractivity contribution is 0.160. The number of hydrogen-bond donors (Lipinski definition) is 4. The molecular formula is C13H21N3O2. The maximum absolute atomic E-state index is 9.57. The summed E-state index contributed by atoms with van der Waals surface area (Å²) in [6.45, 7) is 3.26. The largest absolute Gasteiger partial charge is 0.409 e. The molecule has 0 aliphatic heterocycles. The fraction of sp³-hybridized carbons (Fsp3) is 0.462. The average molecular weight is 251 g/mol. The minimum Gasteiger partial charge on any atom is -0.409 e. The van der Waals surface area contributed by atoms with Gasteiger partial charge in [-0.25, -0.2) is 0 Å². The molecule has 0 aliphatic rings. The summed E-state index contributed by atoms with van der Waals surface area (Å²) in [5.41, 5.74) is 7.24. The zero-order valence-corrected chi connectivity index (χ0v) is 10.6. The van der Waals surface area contributed by atoms with Crippen LogP contribution in [-0.4, -0.2) is 28.8 Å². The molecule has 0 amide bonds. The lowest BCUT2D eigenvalue weighted by Crippen LogP contribution is -2.26. The minimum absolute atomic E-state index is 0.0999. The van der Waals surface area contributed by atoms with Crippen molar-refractivity contribution < 1.29 is 10.3 Å². The first kappa shape index (κ1) is 14.5. The number of nitrogens with one attached hydrogen (secondary N) is 1. The third-order valence-electron chi connectivity index (χ3n) is 2.66. The number of aliphatic hydroxyl groups excluding tert-OH is 1. The molecule has 0 heterocycles. The van der Waals surface area contributed by atoms with E-state index in [1.165, 1.54) is 0 Å². The van der Waals surface area contributed by atoms with E-state index >= 15 is 0 Å². The topological polar surface area (TPSA) is 90.9 Å². The summed E-state index contributed by atoms with van der Waals surface area (Å²) < 4.78 is 0. The maximum atomic E-state index is 9.57. The number of nitrogens with two attached hydrogens (primary N) is 1. The van der Waals surface area contributed by atoms with Crippen LogP contribution in [0.5, 0.6) is 0 Å². The van der Waals surface area contributed by atoms with Gasteiger partial charge in [0.1, 0.15) is 0 Å². The smallest absolute Gasteiger partial charge is 0.170 e.